The van der Waals surface area contributed by atoms with Crippen LogP contribution in [0.25, 0.3) is 0 Å². The Morgan fingerprint density at radius 1 is 1.25 bits per heavy atom. The molecule has 0 unspecified atom stereocenters. The molecule has 3 heteroatoms. The molecular weight excluding hydrogens is 250 g/mol. The van der Waals surface area contributed by atoms with Crippen molar-refractivity contribution in [1.82, 2.24) is 4.90 Å². The second kappa shape index (κ2) is 7.77. The number of ether oxygens (including phenoxy) is 1. The minimum atomic E-state index is -0.381. The van der Waals surface area contributed by atoms with Gasteiger partial charge in [-0.25, -0.2) is 0 Å². The lowest BCUT2D eigenvalue weighted by atomic mass is 9.99. The lowest BCUT2D eigenvalue weighted by Gasteiger charge is -2.31. The Bertz CT molecular complexity index is 382. The first-order valence-corrected chi connectivity index (χ1v) is 7.67. The van der Waals surface area contributed by atoms with Gasteiger partial charge in [-0.1, -0.05) is 36.8 Å². The van der Waals surface area contributed by atoms with Gasteiger partial charge in [0.05, 0.1) is 19.3 Å². The van der Waals surface area contributed by atoms with Crippen molar-refractivity contribution in [3.63, 3.8) is 0 Å². The Balaban J connectivity index is 1.62. The normalized spacial score (nSPS) is 19.1. The van der Waals surface area contributed by atoms with Crippen LogP contribution < -0.4 is 0 Å². The van der Waals surface area contributed by atoms with Gasteiger partial charge >= 0.3 is 0 Å². The summed E-state index contributed by atoms with van der Waals surface area (Å²) in [6.07, 6.45) is 2.11. The second-order valence-corrected chi connectivity index (χ2v) is 6.14. The maximum Gasteiger partial charge on any atom is 0.0900 e. The predicted octanol–water partition coefficient (Wildman–Crippen LogP) is 2.60. The molecule has 1 aliphatic heterocycles. The number of hydrogen-bond donors (Lipinski definition) is 1. The van der Waals surface area contributed by atoms with E-state index in [1.54, 1.807) is 0 Å². The molecular formula is C17H27NO2. The van der Waals surface area contributed by atoms with E-state index < -0.39 is 0 Å². The van der Waals surface area contributed by atoms with Crippen molar-refractivity contribution in [2.45, 2.75) is 39.4 Å². The molecule has 1 heterocycles. The number of aliphatic hydroxyl groups excluding tert-OH is 1. The van der Waals surface area contributed by atoms with E-state index in [9.17, 15) is 5.11 Å². The summed E-state index contributed by atoms with van der Waals surface area (Å²) < 4.78 is 5.61. The van der Waals surface area contributed by atoms with Crippen LogP contribution in [0.1, 0.15) is 30.9 Å². The van der Waals surface area contributed by atoms with E-state index in [4.69, 9.17) is 4.74 Å². The molecule has 0 amide bonds. The highest BCUT2D eigenvalue weighted by molar-refractivity contribution is 5.20. The third-order valence-corrected chi connectivity index (χ3v) is 4.04. The summed E-state index contributed by atoms with van der Waals surface area (Å²) in [5.74, 6) is 0.834. The molecule has 1 atom stereocenters. The minimum absolute atomic E-state index is 0.381. The van der Waals surface area contributed by atoms with Crippen molar-refractivity contribution in [1.29, 1.82) is 0 Å². The first kappa shape index (κ1) is 15.5. The fourth-order valence-corrected chi connectivity index (χ4v) is 2.59. The predicted molar refractivity (Wildman–Crippen MR) is 81.7 cm³/mol. The minimum Gasteiger partial charge on any atom is -0.389 e. The molecule has 0 aliphatic carbocycles. The number of nitrogens with zero attached hydrogens (tertiary/aromatic N) is 1. The highest BCUT2D eigenvalue weighted by atomic mass is 16.5. The van der Waals surface area contributed by atoms with Gasteiger partial charge in [0.1, 0.15) is 0 Å². The van der Waals surface area contributed by atoms with E-state index in [1.807, 2.05) is 0 Å². The van der Waals surface area contributed by atoms with E-state index in [1.165, 1.54) is 18.4 Å². The fraction of sp³-hybridized carbons (Fsp3) is 0.647. The van der Waals surface area contributed by atoms with Crippen molar-refractivity contribution < 1.29 is 9.84 Å². The van der Waals surface area contributed by atoms with Gasteiger partial charge < -0.3 is 14.7 Å². The number of piperidine rings is 1. The third-order valence-electron chi connectivity index (χ3n) is 4.04. The maximum atomic E-state index is 10.0. The third kappa shape index (κ3) is 5.23. The van der Waals surface area contributed by atoms with Crippen molar-refractivity contribution >= 4 is 0 Å². The molecule has 1 N–H and O–H groups in total. The van der Waals surface area contributed by atoms with Crippen LogP contribution in [0.5, 0.6) is 0 Å². The Morgan fingerprint density at radius 3 is 2.55 bits per heavy atom. The van der Waals surface area contributed by atoms with Gasteiger partial charge in [0.2, 0.25) is 0 Å². The zero-order valence-corrected chi connectivity index (χ0v) is 12.7. The van der Waals surface area contributed by atoms with Gasteiger partial charge in [-0.15, -0.1) is 0 Å². The summed E-state index contributed by atoms with van der Waals surface area (Å²) in [5, 5.41) is 10.0. The number of benzene rings is 1. The molecule has 0 bridgehead atoms. The first-order chi connectivity index (χ1) is 9.63. The molecule has 0 saturated carbocycles. The van der Waals surface area contributed by atoms with Gasteiger partial charge in [0.25, 0.3) is 0 Å². The van der Waals surface area contributed by atoms with Crippen LogP contribution >= 0.6 is 0 Å². The van der Waals surface area contributed by atoms with E-state index >= 15 is 0 Å². The smallest absolute Gasteiger partial charge is 0.0900 e. The molecule has 0 spiro atoms. The van der Waals surface area contributed by atoms with Crippen LogP contribution in [0.15, 0.2) is 24.3 Å². The van der Waals surface area contributed by atoms with Crippen LogP contribution in [0.3, 0.4) is 0 Å². The van der Waals surface area contributed by atoms with E-state index in [2.05, 4.69) is 43.0 Å². The number of hydrogen-bond acceptors (Lipinski definition) is 3. The zero-order valence-electron chi connectivity index (χ0n) is 12.7. The van der Waals surface area contributed by atoms with Gasteiger partial charge in [0, 0.05) is 6.54 Å². The zero-order chi connectivity index (χ0) is 14.4. The highest BCUT2D eigenvalue weighted by Crippen LogP contribution is 2.16. The monoisotopic (exact) mass is 277 g/mol. The van der Waals surface area contributed by atoms with Gasteiger partial charge in [-0.05, 0) is 44.3 Å². The molecule has 2 rings (SSSR count). The lowest BCUT2D eigenvalue weighted by molar-refractivity contribution is 0.00496. The summed E-state index contributed by atoms with van der Waals surface area (Å²) in [7, 11) is 0. The lowest BCUT2D eigenvalue weighted by Crippen LogP contribution is -2.39. The van der Waals surface area contributed by atoms with Crippen LogP contribution in [-0.4, -0.2) is 42.4 Å². The van der Waals surface area contributed by atoms with Crippen LogP contribution in [0.4, 0.5) is 0 Å². The largest absolute Gasteiger partial charge is 0.389 e. The van der Waals surface area contributed by atoms with E-state index in [-0.39, 0.29) is 6.10 Å². The average Bonchev–Trinajstić information content (AvgIpc) is 2.44. The standard InChI is InChI=1S/C17H27NO2/c1-14-3-5-16(6-4-14)12-20-13-17(19)11-18-9-7-15(2)8-10-18/h3-6,15,17,19H,7-13H2,1-2H3/t17-/m1/s1. The fourth-order valence-electron chi connectivity index (χ4n) is 2.59. The SMILES string of the molecule is Cc1ccc(COC[C@H](O)CN2CCC(C)CC2)cc1. The second-order valence-electron chi connectivity index (χ2n) is 6.14. The number of aliphatic hydroxyl groups is 1. The number of rotatable bonds is 6. The Morgan fingerprint density at radius 2 is 1.90 bits per heavy atom. The summed E-state index contributed by atoms with van der Waals surface area (Å²) in [5.41, 5.74) is 2.42. The van der Waals surface area contributed by atoms with Gasteiger partial charge in [-0.3, -0.25) is 0 Å². The van der Waals surface area contributed by atoms with Crippen LogP contribution in [0, 0.1) is 12.8 Å². The molecule has 0 radical (unpaired) electrons. The molecule has 112 valence electrons. The van der Waals surface area contributed by atoms with Gasteiger partial charge in [-0.2, -0.15) is 0 Å². The summed E-state index contributed by atoms with van der Waals surface area (Å²) >= 11 is 0. The highest BCUT2D eigenvalue weighted by Gasteiger charge is 2.18. The molecule has 0 aromatic heterocycles. The number of aryl methyl sites for hydroxylation is 1. The quantitative estimate of drug-likeness (QED) is 0.867. The summed E-state index contributed by atoms with van der Waals surface area (Å²) in [4.78, 5) is 2.35. The van der Waals surface area contributed by atoms with E-state index in [0.717, 1.165) is 31.1 Å². The average molecular weight is 277 g/mol. The summed E-state index contributed by atoms with van der Waals surface area (Å²) in [6.45, 7) is 8.33. The molecule has 1 aromatic rings. The van der Waals surface area contributed by atoms with Crippen molar-refractivity contribution in [2.24, 2.45) is 5.92 Å². The summed E-state index contributed by atoms with van der Waals surface area (Å²) in [6, 6.07) is 8.33. The molecule has 1 saturated heterocycles. The Hall–Kier alpha value is -0.900. The van der Waals surface area contributed by atoms with Gasteiger partial charge in [0.15, 0.2) is 0 Å². The Labute approximate surface area is 122 Å². The molecule has 1 aromatic carbocycles. The number of β-amino-alcohol motifs (C(OH)–C–C–N with tert-alkyl or cyclic N) is 1. The molecule has 3 nitrogen and oxygen atoms in total. The molecule has 1 fully saturated rings. The maximum absolute atomic E-state index is 10.0. The van der Waals surface area contributed by atoms with Crippen molar-refractivity contribution in [2.75, 3.05) is 26.2 Å². The number of likely N-dealkylation sites (tertiary alicyclic amines) is 1. The molecule has 1 aliphatic rings. The van der Waals surface area contributed by atoms with Crippen molar-refractivity contribution in [3.05, 3.63) is 35.4 Å². The molecule has 20 heavy (non-hydrogen) atoms. The van der Waals surface area contributed by atoms with Crippen molar-refractivity contribution in [3.8, 4) is 0 Å². The van der Waals surface area contributed by atoms with E-state index in [0.29, 0.717) is 13.2 Å². The first-order valence-electron chi connectivity index (χ1n) is 7.67. The Kier molecular flexibility index (Phi) is 6.02. The van der Waals surface area contributed by atoms with Crippen LogP contribution in [0.2, 0.25) is 0 Å². The van der Waals surface area contributed by atoms with Crippen LogP contribution in [-0.2, 0) is 11.3 Å². The topological polar surface area (TPSA) is 32.7 Å².